The monoisotopic (exact) mass is 219 g/mol. The van der Waals surface area contributed by atoms with Gasteiger partial charge < -0.3 is 0 Å². The summed E-state index contributed by atoms with van der Waals surface area (Å²) >= 11 is 0. The molecule has 0 unspecified atom stereocenters. The average Bonchev–Trinajstić information content (AvgIpc) is 2.34. The second-order valence-corrected chi connectivity index (χ2v) is 3.64. The highest BCUT2D eigenvalue weighted by Gasteiger charge is 2.08. The lowest BCUT2D eigenvalue weighted by Gasteiger charge is -2.24. The van der Waals surface area contributed by atoms with Gasteiger partial charge in [0.25, 0.3) is 0 Å². The van der Waals surface area contributed by atoms with Gasteiger partial charge in [-0.05, 0) is 25.0 Å². The molecule has 0 aliphatic rings. The highest BCUT2D eigenvalue weighted by Crippen LogP contribution is 2.22. The number of hydrogen-bond donors (Lipinski definition) is 0. The second-order valence-electron chi connectivity index (χ2n) is 3.64. The van der Waals surface area contributed by atoms with Crippen LogP contribution in [0.5, 0.6) is 0 Å². The van der Waals surface area contributed by atoms with Crippen LogP contribution in [0.2, 0.25) is 0 Å². The topological polar surface area (TPSA) is 12.5 Å². The van der Waals surface area contributed by atoms with E-state index in [2.05, 4.69) is 25.6 Å². The molecule has 0 atom stereocenters. The van der Waals surface area contributed by atoms with E-state index in [-0.39, 0.29) is 0 Å². The molecule has 0 saturated heterocycles. The maximum Gasteiger partial charge on any atom is 0.0720 e. The van der Waals surface area contributed by atoms with Crippen LogP contribution in [0, 0.1) is 0 Å². The fourth-order valence-corrected chi connectivity index (χ4v) is 1.60. The van der Waals surface area contributed by atoms with Gasteiger partial charge in [-0.2, -0.15) is 0 Å². The Labute approximate surface area is 98.5 Å². The van der Waals surface area contributed by atoms with Crippen LogP contribution in [0.3, 0.4) is 0 Å². The SMILES string of the molecule is C=Cc1ccccc1N(CCCC)OCC. The van der Waals surface area contributed by atoms with Crippen molar-refractivity contribution in [1.29, 1.82) is 0 Å². The van der Waals surface area contributed by atoms with Crippen molar-refractivity contribution in [3.63, 3.8) is 0 Å². The minimum absolute atomic E-state index is 0.690. The molecule has 0 amide bonds. The van der Waals surface area contributed by atoms with Gasteiger partial charge in [-0.25, -0.2) is 0 Å². The molecular weight excluding hydrogens is 198 g/mol. The number of hydroxylamine groups is 1. The van der Waals surface area contributed by atoms with Crippen LogP contribution in [-0.4, -0.2) is 13.2 Å². The smallest absolute Gasteiger partial charge is 0.0720 e. The predicted octanol–water partition coefficient (Wildman–Crippen LogP) is 3.89. The number of benzene rings is 1. The van der Waals surface area contributed by atoms with E-state index >= 15 is 0 Å². The summed E-state index contributed by atoms with van der Waals surface area (Å²) in [5.74, 6) is 0. The number of para-hydroxylation sites is 1. The third-order valence-electron chi connectivity index (χ3n) is 2.43. The maximum absolute atomic E-state index is 5.66. The van der Waals surface area contributed by atoms with Gasteiger partial charge in [-0.1, -0.05) is 44.2 Å². The molecule has 1 rings (SSSR count). The summed E-state index contributed by atoms with van der Waals surface area (Å²) in [5, 5.41) is 1.97. The van der Waals surface area contributed by atoms with Crippen molar-refractivity contribution >= 4 is 11.8 Å². The number of unbranched alkanes of at least 4 members (excludes halogenated alkanes) is 1. The molecule has 1 aromatic carbocycles. The molecule has 2 nitrogen and oxygen atoms in total. The largest absolute Gasteiger partial charge is 0.274 e. The summed E-state index contributed by atoms with van der Waals surface area (Å²) in [6.45, 7) is 9.64. The summed E-state index contributed by atoms with van der Waals surface area (Å²) in [7, 11) is 0. The summed E-state index contributed by atoms with van der Waals surface area (Å²) < 4.78 is 0. The summed E-state index contributed by atoms with van der Waals surface area (Å²) in [4.78, 5) is 5.66. The van der Waals surface area contributed by atoms with E-state index in [1.54, 1.807) is 0 Å². The Hall–Kier alpha value is -1.28. The van der Waals surface area contributed by atoms with Crippen LogP contribution in [-0.2, 0) is 4.84 Å². The van der Waals surface area contributed by atoms with Crippen LogP contribution in [0.4, 0.5) is 5.69 Å². The van der Waals surface area contributed by atoms with E-state index in [4.69, 9.17) is 4.84 Å². The van der Waals surface area contributed by atoms with Crippen molar-refractivity contribution in [2.45, 2.75) is 26.7 Å². The Morgan fingerprint density at radius 1 is 1.31 bits per heavy atom. The lowest BCUT2D eigenvalue weighted by atomic mass is 10.1. The summed E-state index contributed by atoms with van der Waals surface area (Å²) in [6.07, 6.45) is 4.17. The number of hydrogen-bond acceptors (Lipinski definition) is 2. The minimum Gasteiger partial charge on any atom is -0.274 e. The van der Waals surface area contributed by atoms with Gasteiger partial charge in [0.15, 0.2) is 0 Å². The van der Waals surface area contributed by atoms with Gasteiger partial charge in [0.05, 0.1) is 12.3 Å². The first kappa shape index (κ1) is 12.8. The fraction of sp³-hybridized carbons (Fsp3) is 0.429. The highest BCUT2D eigenvalue weighted by molar-refractivity contribution is 5.65. The Kier molecular flexibility index (Phi) is 5.65. The van der Waals surface area contributed by atoms with Gasteiger partial charge in [0.1, 0.15) is 0 Å². The first-order valence-corrected chi connectivity index (χ1v) is 5.95. The van der Waals surface area contributed by atoms with Crippen molar-refractivity contribution in [3.8, 4) is 0 Å². The Morgan fingerprint density at radius 2 is 2.06 bits per heavy atom. The molecule has 0 saturated carbocycles. The molecule has 0 radical (unpaired) electrons. The molecule has 0 bridgehead atoms. The average molecular weight is 219 g/mol. The van der Waals surface area contributed by atoms with E-state index in [1.807, 2.05) is 30.2 Å². The van der Waals surface area contributed by atoms with Crippen molar-refractivity contribution in [2.24, 2.45) is 0 Å². The van der Waals surface area contributed by atoms with Crippen molar-refractivity contribution in [3.05, 3.63) is 36.4 Å². The van der Waals surface area contributed by atoms with Gasteiger partial charge in [-0.15, -0.1) is 0 Å². The molecule has 0 fully saturated rings. The van der Waals surface area contributed by atoms with E-state index in [1.165, 1.54) is 6.42 Å². The van der Waals surface area contributed by atoms with Crippen molar-refractivity contribution in [1.82, 2.24) is 0 Å². The first-order chi connectivity index (χ1) is 7.83. The molecule has 0 heterocycles. The minimum atomic E-state index is 0.690. The molecule has 0 aliphatic carbocycles. The van der Waals surface area contributed by atoms with Crippen LogP contribution >= 0.6 is 0 Å². The molecule has 16 heavy (non-hydrogen) atoms. The quantitative estimate of drug-likeness (QED) is 0.645. The Balaban J connectivity index is 2.85. The van der Waals surface area contributed by atoms with Gasteiger partial charge in [0, 0.05) is 6.54 Å². The third-order valence-corrected chi connectivity index (χ3v) is 2.43. The highest BCUT2D eigenvalue weighted by atomic mass is 16.7. The lowest BCUT2D eigenvalue weighted by Crippen LogP contribution is -2.25. The summed E-state index contributed by atoms with van der Waals surface area (Å²) in [5.41, 5.74) is 2.22. The maximum atomic E-state index is 5.66. The van der Waals surface area contributed by atoms with Crippen LogP contribution in [0.1, 0.15) is 32.3 Å². The van der Waals surface area contributed by atoms with Gasteiger partial charge in [-0.3, -0.25) is 9.90 Å². The zero-order valence-electron chi connectivity index (χ0n) is 10.3. The molecule has 0 aliphatic heterocycles. The van der Waals surface area contributed by atoms with Crippen molar-refractivity contribution < 1.29 is 4.84 Å². The lowest BCUT2D eigenvalue weighted by molar-refractivity contribution is 0.119. The first-order valence-electron chi connectivity index (χ1n) is 5.95. The zero-order valence-corrected chi connectivity index (χ0v) is 10.3. The van der Waals surface area contributed by atoms with Crippen molar-refractivity contribution in [2.75, 3.05) is 18.2 Å². The normalized spacial score (nSPS) is 10.1. The fourth-order valence-electron chi connectivity index (χ4n) is 1.60. The third kappa shape index (κ3) is 3.38. The van der Waals surface area contributed by atoms with Crippen LogP contribution in [0.25, 0.3) is 6.08 Å². The number of rotatable bonds is 7. The molecule has 1 aromatic rings. The molecule has 88 valence electrons. The Morgan fingerprint density at radius 3 is 2.69 bits per heavy atom. The standard InChI is InChI=1S/C14H21NO/c1-4-7-12-15(16-6-3)14-11-9-8-10-13(14)5-2/h5,8-11H,2,4,6-7,12H2,1,3H3. The van der Waals surface area contributed by atoms with E-state index in [0.29, 0.717) is 6.61 Å². The van der Waals surface area contributed by atoms with Gasteiger partial charge in [0.2, 0.25) is 0 Å². The molecular formula is C14H21NO. The van der Waals surface area contributed by atoms with Crippen LogP contribution < -0.4 is 5.06 Å². The molecule has 0 aromatic heterocycles. The number of nitrogens with zero attached hydrogens (tertiary/aromatic N) is 1. The zero-order chi connectivity index (χ0) is 11.8. The van der Waals surface area contributed by atoms with E-state index in [0.717, 1.165) is 24.2 Å². The van der Waals surface area contributed by atoms with E-state index < -0.39 is 0 Å². The van der Waals surface area contributed by atoms with Crippen LogP contribution in [0.15, 0.2) is 30.8 Å². The summed E-state index contributed by atoms with van der Waals surface area (Å²) in [6, 6.07) is 8.17. The molecule has 2 heteroatoms. The Bertz CT molecular complexity index is 322. The number of anilines is 1. The molecule has 0 spiro atoms. The van der Waals surface area contributed by atoms with E-state index in [9.17, 15) is 0 Å². The van der Waals surface area contributed by atoms with Gasteiger partial charge >= 0.3 is 0 Å². The predicted molar refractivity (Wildman–Crippen MR) is 70.4 cm³/mol. The second kappa shape index (κ2) is 7.07. The molecule has 0 N–H and O–H groups in total.